The van der Waals surface area contributed by atoms with Crippen molar-refractivity contribution in [2.45, 2.75) is 19.3 Å². The van der Waals surface area contributed by atoms with Crippen LogP contribution in [-0.4, -0.2) is 42.4 Å². The summed E-state index contributed by atoms with van der Waals surface area (Å²) in [6.45, 7) is 1.82. The van der Waals surface area contributed by atoms with Gasteiger partial charge in [0.15, 0.2) is 0 Å². The van der Waals surface area contributed by atoms with Crippen molar-refractivity contribution in [3.63, 3.8) is 0 Å². The van der Waals surface area contributed by atoms with Crippen LogP contribution in [-0.2, 0) is 4.79 Å². The SMILES string of the molecule is O=C(CCNC(=O)Nc1ccc(Br)cc1)Nc1ccc(C(=O)N2CCCC2)cc1. The number of halogens is 1. The average molecular weight is 459 g/mol. The number of anilines is 2. The highest BCUT2D eigenvalue weighted by atomic mass is 79.9. The van der Waals surface area contributed by atoms with E-state index in [1.54, 1.807) is 36.4 Å². The van der Waals surface area contributed by atoms with Gasteiger partial charge in [0.2, 0.25) is 5.91 Å². The second kappa shape index (κ2) is 10.1. The van der Waals surface area contributed by atoms with Crippen LogP contribution in [0.1, 0.15) is 29.6 Å². The molecule has 0 unspecified atom stereocenters. The fraction of sp³-hybridized carbons (Fsp3) is 0.286. The fourth-order valence-electron chi connectivity index (χ4n) is 3.02. The summed E-state index contributed by atoms with van der Waals surface area (Å²) in [4.78, 5) is 38.1. The molecule has 4 amide bonds. The molecule has 7 nitrogen and oxygen atoms in total. The maximum atomic E-state index is 12.3. The zero-order chi connectivity index (χ0) is 20.6. The molecule has 0 spiro atoms. The lowest BCUT2D eigenvalue weighted by Crippen LogP contribution is -2.31. The van der Waals surface area contributed by atoms with Gasteiger partial charge in [-0.3, -0.25) is 9.59 Å². The van der Waals surface area contributed by atoms with Crippen LogP contribution in [0.4, 0.5) is 16.2 Å². The number of hydrogen-bond donors (Lipinski definition) is 3. The Morgan fingerprint density at radius 2 is 1.45 bits per heavy atom. The van der Waals surface area contributed by atoms with E-state index in [1.807, 2.05) is 17.0 Å². The van der Waals surface area contributed by atoms with Gasteiger partial charge in [-0.05, 0) is 61.4 Å². The number of carbonyl (C=O) groups excluding carboxylic acids is 3. The highest BCUT2D eigenvalue weighted by Gasteiger charge is 2.19. The van der Waals surface area contributed by atoms with Crippen molar-refractivity contribution in [2.24, 2.45) is 0 Å². The summed E-state index contributed by atoms with van der Waals surface area (Å²) in [5, 5.41) is 8.11. The number of amides is 4. The van der Waals surface area contributed by atoms with Crippen LogP contribution in [0.5, 0.6) is 0 Å². The summed E-state index contributed by atoms with van der Waals surface area (Å²) in [5.74, 6) is -0.186. The molecule has 0 radical (unpaired) electrons. The summed E-state index contributed by atoms with van der Waals surface area (Å²) < 4.78 is 0.925. The Labute approximate surface area is 178 Å². The third kappa shape index (κ3) is 6.32. The van der Waals surface area contributed by atoms with Crippen molar-refractivity contribution in [1.29, 1.82) is 0 Å². The number of nitrogens with zero attached hydrogens (tertiary/aromatic N) is 1. The van der Waals surface area contributed by atoms with E-state index in [4.69, 9.17) is 0 Å². The Kier molecular flexibility index (Phi) is 7.24. The summed E-state index contributed by atoms with van der Waals surface area (Å²) in [6.07, 6.45) is 2.24. The maximum Gasteiger partial charge on any atom is 0.319 e. The number of likely N-dealkylation sites (tertiary alicyclic amines) is 1. The second-order valence-corrected chi connectivity index (χ2v) is 7.68. The van der Waals surface area contributed by atoms with Crippen molar-refractivity contribution >= 4 is 45.2 Å². The lowest BCUT2D eigenvalue weighted by molar-refractivity contribution is -0.116. The van der Waals surface area contributed by atoms with E-state index in [0.717, 1.165) is 30.4 Å². The van der Waals surface area contributed by atoms with E-state index < -0.39 is 0 Å². The first kappa shape index (κ1) is 20.9. The fourth-order valence-corrected chi connectivity index (χ4v) is 3.28. The van der Waals surface area contributed by atoms with Crippen LogP contribution < -0.4 is 16.0 Å². The van der Waals surface area contributed by atoms with Gasteiger partial charge in [0.1, 0.15) is 0 Å². The zero-order valence-electron chi connectivity index (χ0n) is 15.9. The van der Waals surface area contributed by atoms with E-state index in [-0.39, 0.29) is 30.8 Å². The quantitative estimate of drug-likeness (QED) is 0.613. The Hall–Kier alpha value is -2.87. The molecule has 3 rings (SSSR count). The lowest BCUT2D eigenvalue weighted by atomic mass is 10.2. The molecule has 1 saturated heterocycles. The van der Waals surface area contributed by atoms with E-state index in [2.05, 4.69) is 31.9 Å². The van der Waals surface area contributed by atoms with E-state index >= 15 is 0 Å². The normalized spacial score (nSPS) is 13.1. The molecule has 29 heavy (non-hydrogen) atoms. The predicted molar refractivity (Wildman–Crippen MR) is 116 cm³/mol. The van der Waals surface area contributed by atoms with Gasteiger partial charge in [0.05, 0.1) is 0 Å². The van der Waals surface area contributed by atoms with Crippen LogP contribution in [0.3, 0.4) is 0 Å². The zero-order valence-corrected chi connectivity index (χ0v) is 17.5. The monoisotopic (exact) mass is 458 g/mol. The summed E-state index contributed by atoms with van der Waals surface area (Å²) in [6, 6.07) is 13.7. The maximum absolute atomic E-state index is 12.3. The molecule has 0 bridgehead atoms. The standard InChI is InChI=1S/C21H23BrN4O3/c22-16-5-9-18(10-6-16)25-21(29)23-12-11-19(27)24-17-7-3-15(4-8-17)20(28)26-13-1-2-14-26/h3-10H,1-2,11-14H2,(H,24,27)(H2,23,25,29). The third-order valence-corrected chi connectivity index (χ3v) is 5.08. The van der Waals surface area contributed by atoms with Crippen LogP contribution >= 0.6 is 15.9 Å². The number of benzene rings is 2. The van der Waals surface area contributed by atoms with Gasteiger partial charge in [0, 0.05) is 47.5 Å². The van der Waals surface area contributed by atoms with E-state index in [1.165, 1.54) is 0 Å². The predicted octanol–water partition coefficient (Wildman–Crippen LogP) is 3.84. The molecule has 0 aliphatic carbocycles. The summed E-state index contributed by atoms with van der Waals surface area (Å²) >= 11 is 3.33. The third-order valence-electron chi connectivity index (χ3n) is 4.55. The molecule has 2 aromatic carbocycles. The summed E-state index contributed by atoms with van der Waals surface area (Å²) in [5.41, 5.74) is 1.90. The van der Waals surface area contributed by atoms with Crippen LogP contribution in [0, 0.1) is 0 Å². The van der Waals surface area contributed by atoms with Crippen molar-refractivity contribution in [2.75, 3.05) is 30.3 Å². The number of hydrogen-bond acceptors (Lipinski definition) is 3. The smallest absolute Gasteiger partial charge is 0.319 e. The molecule has 1 heterocycles. The van der Waals surface area contributed by atoms with Crippen molar-refractivity contribution in [3.8, 4) is 0 Å². The minimum atomic E-state index is -0.370. The molecule has 152 valence electrons. The Balaban J connectivity index is 1.39. The van der Waals surface area contributed by atoms with Gasteiger partial charge in [-0.15, -0.1) is 0 Å². The Bertz CT molecular complexity index is 862. The molecule has 0 saturated carbocycles. The van der Waals surface area contributed by atoms with E-state index in [9.17, 15) is 14.4 Å². The van der Waals surface area contributed by atoms with Gasteiger partial charge in [0.25, 0.3) is 5.91 Å². The van der Waals surface area contributed by atoms with Gasteiger partial charge < -0.3 is 20.9 Å². The molecule has 0 aromatic heterocycles. The molecule has 1 aliphatic heterocycles. The highest BCUT2D eigenvalue weighted by Crippen LogP contribution is 2.16. The minimum absolute atomic E-state index is 0.0290. The van der Waals surface area contributed by atoms with Gasteiger partial charge in [-0.1, -0.05) is 15.9 Å². The van der Waals surface area contributed by atoms with Crippen molar-refractivity contribution < 1.29 is 14.4 Å². The van der Waals surface area contributed by atoms with Gasteiger partial charge in [-0.25, -0.2) is 4.79 Å². The van der Waals surface area contributed by atoms with Crippen LogP contribution in [0.25, 0.3) is 0 Å². The van der Waals surface area contributed by atoms with Gasteiger partial charge in [-0.2, -0.15) is 0 Å². The van der Waals surface area contributed by atoms with Gasteiger partial charge >= 0.3 is 6.03 Å². The minimum Gasteiger partial charge on any atom is -0.339 e. The number of rotatable bonds is 6. The van der Waals surface area contributed by atoms with E-state index in [0.29, 0.717) is 16.9 Å². The molecular formula is C21H23BrN4O3. The topological polar surface area (TPSA) is 90.5 Å². The largest absolute Gasteiger partial charge is 0.339 e. The number of nitrogens with one attached hydrogen (secondary N) is 3. The number of carbonyl (C=O) groups is 3. The molecule has 8 heteroatoms. The lowest BCUT2D eigenvalue weighted by Gasteiger charge is -2.15. The van der Waals surface area contributed by atoms with Crippen molar-refractivity contribution in [1.82, 2.24) is 10.2 Å². The molecule has 0 atom stereocenters. The first-order valence-electron chi connectivity index (χ1n) is 9.51. The van der Waals surface area contributed by atoms with Crippen LogP contribution in [0.2, 0.25) is 0 Å². The average Bonchev–Trinajstić information content (AvgIpc) is 3.25. The Morgan fingerprint density at radius 3 is 2.10 bits per heavy atom. The molecule has 3 N–H and O–H groups in total. The molecule has 1 aliphatic rings. The first-order valence-corrected chi connectivity index (χ1v) is 10.3. The molecule has 2 aromatic rings. The molecule has 1 fully saturated rings. The number of urea groups is 1. The van der Waals surface area contributed by atoms with Crippen LogP contribution in [0.15, 0.2) is 53.0 Å². The molecular weight excluding hydrogens is 436 g/mol. The second-order valence-electron chi connectivity index (χ2n) is 6.76. The first-order chi connectivity index (χ1) is 14.0. The summed E-state index contributed by atoms with van der Waals surface area (Å²) in [7, 11) is 0. The highest BCUT2D eigenvalue weighted by molar-refractivity contribution is 9.10. The Morgan fingerprint density at radius 1 is 0.862 bits per heavy atom. The van der Waals surface area contributed by atoms with Crippen molar-refractivity contribution in [3.05, 3.63) is 58.6 Å².